The molecular formula is C51H50O18. The van der Waals surface area contributed by atoms with E-state index < -0.39 is 128 Å². The summed E-state index contributed by atoms with van der Waals surface area (Å²) < 4.78 is 19.3. The Morgan fingerprint density at radius 3 is 1.33 bits per heavy atom. The van der Waals surface area contributed by atoms with Gasteiger partial charge in [0.15, 0.2) is 46.7 Å². The highest BCUT2D eigenvalue weighted by molar-refractivity contribution is 5.68. The van der Waals surface area contributed by atoms with E-state index in [0.717, 1.165) is 36.4 Å². The minimum atomic E-state index is -1.75. The highest BCUT2D eigenvalue weighted by Gasteiger charge is 2.56. The van der Waals surface area contributed by atoms with Gasteiger partial charge in [0.2, 0.25) is 0 Å². The van der Waals surface area contributed by atoms with E-state index in [1.165, 1.54) is 42.5 Å². The number of aliphatic hydroxyl groups is 3. The van der Waals surface area contributed by atoms with Gasteiger partial charge in [0, 0.05) is 81.2 Å². The van der Waals surface area contributed by atoms with Crippen LogP contribution in [0.1, 0.15) is 102 Å². The van der Waals surface area contributed by atoms with Gasteiger partial charge in [-0.1, -0.05) is 45.9 Å². The molecule has 18 heteroatoms. The first-order chi connectivity index (χ1) is 32.4. The first-order valence-corrected chi connectivity index (χ1v) is 21.8. The second-order valence-corrected chi connectivity index (χ2v) is 19.0. The molecule has 69 heavy (non-hydrogen) atoms. The molecular weight excluding hydrogens is 901 g/mol. The van der Waals surface area contributed by atoms with Crippen LogP contribution in [0.15, 0.2) is 78.9 Å². The van der Waals surface area contributed by atoms with E-state index in [1.807, 2.05) is 0 Å². The lowest BCUT2D eigenvalue weighted by atomic mass is 9.61. The SMILES string of the molecule is CC(C)(c1c(O)cc(O)c2c1OC(c1ccc(O)c(O)c1)C(O)C2C(C)(C)c1c(O)cc(O)c2c1OC(c1ccc(O)c(O)c1)C(O)C2)C1c2c(O)cc(O)cc2OC(c2ccc(O)c(O)c2)C1O. The molecule has 3 aliphatic heterocycles. The third-order valence-electron chi connectivity index (χ3n) is 14.0. The van der Waals surface area contributed by atoms with Gasteiger partial charge < -0.3 is 90.8 Å². The lowest BCUT2D eigenvalue weighted by Gasteiger charge is -2.49. The van der Waals surface area contributed by atoms with E-state index in [4.69, 9.17) is 14.2 Å². The number of phenolic OH excluding ortho intramolecular Hbond substituents is 12. The summed E-state index contributed by atoms with van der Waals surface area (Å²) in [4.78, 5) is 0. The molecule has 0 saturated carbocycles. The smallest absolute Gasteiger partial charge is 0.157 e. The highest BCUT2D eigenvalue weighted by Crippen LogP contribution is 2.64. The molecule has 15 N–H and O–H groups in total. The van der Waals surface area contributed by atoms with Crippen molar-refractivity contribution in [2.75, 3.05) is 0 Å². The number of benzene rings is 6. The summed E-state index contributed by atoms with van der Waals surface area (Å²) in [6, 6.07) is 15.4. The van der Waals surface area contributed by atoms with Crippen LogP contribution in [0.5, 0.6) is 86.2 Å². The van der Waals surface area contributed by atoms with Crippen LogP contribution in [0.4, 0.5) is 0 Å². The van der Waals surface area contributed by atoms with Crippen LogP contribution in [-0.2, 0) is 17.3 Å². The molecule has 0 aromatic heterocycles. The second-order valence-electron chi connectivity index (χ2n) is 19.0. The van der Waals surface area contributed by atoms with Crippen LogP contribution < -0.4 is 14.2 Å². The average Bonchev–Trinajstić information content (AvgIpc) is 3.26. The fraction of sp³-hybridized carbons (Fsp3) is 0.294. The maximum atomic E-state index is 12.8. The number of aromatic hydroxyl groups is 12. The van der Waals surface area contributed by atoms with E-state index >= 15 is 0 Å². The van der Waals surface area contributed by atoms with Crippen molar-refractivity contribution in [1.29, 1.82) is 0 Å². The third kappa shape index (κ3) is 7.29. The molecule has 0 fully saturated rings. The molecule has 362 valence electrons. The molecule has 6 aromatic rings. The summed E-state index contributed by atoms with van der Waals surface area (Å²) in [7, 11) is 0. The van der Waals surface area contributed by atoms with Gasteiger partial charge in [-0.25, -0.2) is 0 Å². The first-order valence-electron chi connectivity index (χ1n) is 21.8. The van der Waals surface area contributed by atoms with Gasteiger partial charge in [-0.15, -0.1) is 0 Å². The van der Waals surface area contributed by atoms with E-state index in [9.17, 15) is 76.6 Å². The summed E-state index contributed by atoms with van der Waals surface area (Å²) in [6.45, 7) is 6.33. The second kappa shape index (κ2) is 16.2. The Hall–Kier alpha value is -7.80. The Labute approximate surface area is 392 Å². The van der Waals surface area contributed by atoms with Crippen LogP contribution in [-0.4, -0.2) is 94.9 Å². The van der Waals surface area contributed by atoms with Gasteiger partial charge in [0.25, 0.3) is 0 Å². The largest absolute Gasteiger partial charge is 0.508 e. The fourth-order valence-electron chi connectivity index (χ4n) is 10.8. The van der Waals surface area contributed by atoms with Crippen LogP contribution >= 0.6 is 0 Å². The number of ether oxygens (including phenoxy) is 3. The standard InChI is InChI=1S/C51H50O18/c1-50(2,39-33(62)17-27(56)23-16-35(64)45(68-48(23)39)19-5-8-24(53)28(57)11-19)42-38-32(61)18-34(63)40(49(38)69-47(44(42)66)21-7-10-26(55)30(59)13-21)51(3,4)41-37-31(60)14-22(52)15-36(37)67-46(43(41)65)20-6-9-25(54)29(58)12-20/h5-15,17-18,35,41-47,52-66H,16H2,1-4H3. The molecule has 0 aliphatic carbocycles. The van der Waals surface area contributed by atoms with Crippen LogP contribution in [0.25, 0.3) is 0 Å². The summed E-state index contributed by atoms with van der Waals surface area (Å²) in [5.74, 6) is -9.50. The molecule has 3 heterocycles. The predicted octanol–water partition coefficient (Wildman–Crippen LogP) is 6.30. The van der Waals surface area contributed by atoms with Crippen molar-refractivity contribution in [2.45, 2.75) is 93.4 Å². The average molecular weight is 951 g/mol. The third-order valence-corrected chi connectivity index (χ3v) is 14.0. The molecule has 8 atom stereocenters. The summed E-state index contributed by atoms with van der Waals surface area (Å²) in [5, 5.41) is 168. The summed E-state index contributed by atoms with van der Waals surface area (Å²) in [5.41, 5.74) is -3.17. The Bertz CT molecular complexity index is 3050. The number of phenols is 12. The van der Waals surface area contributed by atoms with Crippen molar-refractivity contribution in [3.05, 3.63) is 123 Å². The Morgan fingerprint density at radius 1 is 0.406 bits per heavy atom. The fourth-order valence-corrected chi connectivity index (χ4v) is 10.8. The van der Waals surface area contributed by atoms with Crippen LogP contribution in [0.3, 0.4) is 0 Å². The molecule has 8 unspecified atom stereocenters. The lowest BCUT2D eigenvalue weighted by Crippen LogP contribution is -2.46. The first kappa shape index (κ1) is 46.3. The molecule has 0 amide bonds. The number of rotatable bonds is 7. The topological polar surface area (TPSA) is 331 Å². The van der Waals surface area contributed by atoms with E-state index in [2.05, 4.69) is 0 Å². The van der Waals surface area contributed by atoms with Gasteiger partial charge in [0.05, 0.1) is 6.10 Å². The van der Waals surface area contributed by atoms with Gasteiger partial charge in [-0.2, -0.15) is 0 Å². The van der Waals surface area contributed by atoms with Crippen LogP contribution in [0, 0.1) is 0 Å². The zero-order valence-corrected chi connectivity index (χ0v) is 37.3. The molecule has 0 spiro atoms. The summed E-state index contributed by atoms with van der Waals surface area (Å²) in [6.07, 6.45) is -9.14. The van der Waals surface area contributed by atoms with Crippen molar-refractivity contribution in [3.8, 4) is 86.2 Å². The minimum Gasteiger partial charge on any atom is -0.508 e. The van der Waals surface area contributed by atoms with Crippen LogP contribution in [0.2, 0.25) is 0 Å². The van der Waals surface area contributed by atoms with Crippen molar-refractivity contribution in [2.24, 2.45) is 0 Å². The van der Waals surface area contributed by atoms with Gasteiger partial charge in [0.1, 0.15) is 70.1 Å². The normalized spacial score (nSPS) is 23.1. The number of hydrogen-bond donors (Lipinski definition) is 15. The van der Waals surface area contributed by atoms with Crippen molar-refractivity contribution >= 4 is 0 Å². The molecule has 0 bridgehead atoms. The molecule has 6 aromatic carbocycles. The molecule has 0 radical (unpaired) electrons. The van der Waals surface area contributed by atoms with Gasteiger partial charge in [-0.3, -0.25) is 0 Å². The number of hydrogen-bond acceptors (Lipinski definition) is 18. The van der Waals surface area contributed by atoms with Crippen molar-refractivity contribution < 1.29 is 90.8 Å². The Balaban J connectivity index is 1.28. The molecule has 3 aliphatic rings. The Kier molecular flexibility index (Phi) is 10.9. The van der Waals surface area contributed by atoms with E-state index in [-0.39, 0.29) is 68.2 Å². The minimum absolute atomic E-state index is 0.0324. The van der Waals surface area contributed by atoms with Gasteiger partial charge >= 0.3 is 0 Å². The molecule has 18 nitrogen and oxygen atoms in total. The lowest BCUT2D eigenvalue weighted by molar-refractivity contribution is -0.0273. The zero-order valence-electron chi connectivity index (χ0n) is 37.3. The summed E-state index contributed by atoms with van der Waals surface area (Å²) >= 11 is 0. The van der Waals surface area contributed by atoms with E-state index in [0.29, 0.717) is 0 Å². The van der Waals surface area contributed by atoms with Crippen molar-refractivity contribution in [3.63, 3.8) is 0 Å². The maximum absolute atomic E-state index is 12.8. The highest BCUT2D eigenvalue weighted by atomic mass is 16.5. The van der Waals surface area contributed by atoms with E-state index in [1.54, 1.807) is 27.7 Å². The van der Waals surface area contributed by atoms with Crippen molar-refractivity contribution in [1.82, 2.24) is 0 Å². The maximum Gasteiger partial charge on any atom is 0.157 e. The van der Waals surface area contributed by atoms with Gasteiger partial charge in [-0.05, 0) is 53.1 Å². The number of fused-ring (bicyclic) bond motifs is 3. The Morgan fingerprint density at radius 2 is 0.826 bits per heavy atom. The molecule has 0 saturated heterocycles. The predicted molar refractivity (Wildman–Crippen MR) is 242 cm³/mol. The quantitative estimate of drug-likeness (QED) is 0.0780. The number of aliphatic hydroxyl groups excluding tert-OH is 3. The molecule has 9 rings (SSSR count). The monoisotopic (exact) mass is 950 g/mol. The zero-order chi connectivity index (χ0) is 49.9.